The fourth-order valence-electron chi connectivity index (χ4n) is 3.34. The van der Waals surface area contributed by atoms with Crippen molar-refractivity contribution in [1.82, 2.24) is 9.55 Å². The van der Waals surface area contributed by atoms with Crippen molar-refractivity contribution in [2.45, 2.75) is 33.7 Å². The molecule has 2 aromatic heterocycles. The number of nitrogens with zero attached hydrogens (tertiary/aromatic N) is 2. The van der Waals surface area contributed by atoms with Gasteiger partial charge in [0.1, 0.15) is 16.4 Å². The highest BCUT2D eigenvalue weighted by molar-refractivity contribution is 7.18. The van der Waals surface area contributed by atoms with E-state index in [1.165, 1.54) is 0 Å². The fourth-order valence-corrected chi connectivity index (χ4v) is 4.35. The molecule has 5 heteroatoms. The van der Waals surface area contributed by atoms with Crippen LogP contribution in [0.3, 0.4) is 0 Å². The van der Waals surface area contributed by atoms with Gasteiger partial charge in [-0.2, -0.15) is 0 Å². The summed E-state index contributed by atoms with van der Waals surface area (Å²) < 4.78 is 7.53. The summed E-state index contributed by atoms with van der Waals surface area (Å²) in [6.07, 6.45) is 2.92. The zero-order valence-electron chi connectivity index (χ0n) is 14.6. The standard InChI is InChI=1S/C20H20N2O2S/c1-4-24-16-8-6-5-7-14(16)11-15-9-10-22-18(15)21-19-17(20(22)23)12(2)13(3)25-19/h5-8,11H,4,9-10H2,1-3H3/b15-11+. The molecule has 0 radical (unpaired) electrons. The zero-order valence-corrected chi connectivity index (χ0v) is 15.4. The lowest BCUT2D eigenvalue weighted by atomic mass is 10.1. The van der Waals surface area contributed by atoms with Crippen LogP contribution in [0.15, 0.2) is 29.1 Å². The first kappa shape index (κ1) is 16.1. The van der Waals surface area contributed by atoms with Crippen LogP contribution < -0.4 is 10.3 Å². The molecular weight excluding hydrogens is 332 g/mol. The molecule has 3 aromatic rings. The van der Waals surface area contributed by atoms with Gasteiger partial charge in [-0.25, -0.2) is 4.98 Å². The van der Waals surface area contributed by atoms with Crippen LogP contribution in [0.25, 0.3) is 21.9 Å². The third-order valence-electron chi connectivity index (χ3n) is 4.73. The molecule has 4 rings (SSSR count). The fraction of sp³-hybridized carbons (Fsp3) is 0.300. The number of hydrogen-bond acceptors (Lipinski definition) is 4. The lowest BCUT2D eigenvalue weighted by Crippen LogP contribution is -2.20. The molecule has 0 spiro atoms. The van der Waals surface area contributed by atoms with Crippen molar-refractivity contribution < 1.29 is 4.74 Å². The summed E-state index contributed by atoms with van der Waals surface area (Å²) in [4.78, 5) is 19.7. The van der Waals surface area contributed by atoms with Gasteiger partial charge in [0.25, 0.3) is 5.56 Å². The van der Waals surface area contributed by atoms with Crippen molar-refractivity contribution in [3.05, 3.63) is 56.4 Å². The van der Waals surface area contributed by atoms with Crippen molar-refractivity contribution >= 4 is 33.2 Å². The van der Waals surface area contributed by atoms with Crippen molar-refractivity contribution in [3.8, 4) is 5.75 Å². The lowest BCUT2D eigenvalue weighted by Gasteiger charge is -2.08. The Kier molecular flexibility index (Phi) is 3.96. The predicted octanol–water partition coefficient (Wildman–Crippen LogP) is 4.42. The maximum Gasteiger partial charge on any atom is 0.262 e. The minimum Gasteiger partial charge on any atom is -0.493 e. The molecule has 128 valence electrons. The lowest BCUT2D eigenvalue weighted by molar-refractivity contribution is 0.339. The second kappa shape index (κ2) is 6.15. The second-order valence-corrected chi connectivity index (χ2v) is 7.45. The summed E-state index contributed by atoms with van der Waals surface area (Å²) >= 11 is 1.60. The van der Waals surface area contributed by atoms with Crippen LogP contribution in [0.5, 0.6) is 5.75 Å². The zero-order chi connectivity index (χ0) is 17.6. The Morgan fingerprint density at radius 1 is 1.32 bits per heavy atom. The van der Waals surface area contributed by atoms with Crippen molar-refractivity contribution in [3.63, 3.8) is 0 Å². The molecule has 1 aliphatic heterocycles. The first-order valence-electron chi connectivity index (χ1n) is 8.53. The van der Waals surface area contributed by atoms with Gasteiger partial charge < -0.3 is 4.74 Å². The van der Waals surface area contributed by atoms with Crippen LogP contribution >= 0.6 is 11.3 Å². The minimum absolute atomic E-state index is 0.0864. The number of aryl methyl sites for hydroxylation is 2. The number of fused-ring (bicyclic) bond motifs is 2. The third kappa shape index (κ3) is 2.59. The number of rotatable bonds is 3. The molecule has 0 saturated carbocycles. The second-order valence-electron chi connectivity index (χ2n) is 6.25. The number of thiophene rings is 1. The summed E-state index contributed by atoms with van der Waals surface area (Å²) in [6.45, 7) is 7.35. The first-order chi connectivity index (χ1) is 12.1. The van der Waals surface area contributed by atoms with Gasteiger partial charge in [0, 0.05) is 17.0 Å². The topological polar surface area (TPSA) is 44.1 Å². The quantitative estimate of drug-likeness (QED) is 0.701. The molecule has 0 N–H and O–H groups in total. The Balaban J connectivity index is 1.88. The molecular formula is C20H20N2O2S. The monoisotopic (exact) mass is 352 g/mol. The van der Waals surface area contributed by atoms with Gasteiger partial charge in [-0.3, -0.25) is 9.36 Å². The van der Waals surface area contributed by atoms with Crippen LogP contribution in [0.2, 0.25) is 0 Å². The van der Waals surface area contributed by atoms with Crippen molar-refractivity contribution in [2.24, 2.45) is 0 Å². The van der Waals surface area contributed by atoms with E-state index >= 15 is 0 Å². The molecule has 1 aromatic carbocycles. The highest BCUT2D eigenvalue weighted by atomic mass is 32.1. The van der Waals surface area contributed by atoms with Gasteiger partial charge >= 0.3 is 0 Å². The molecule has 0 unspecified atom stereocenters. The van der Waals surface area contributed by atoms with Gasteiger partial charge in [0.2, 0.25) is 0 Å². The molecule has 0 amide bonds. The van der Waals surface area contributed by atoms with Gasteiger partial charge in [-0.15, -0.1) is 11.3 Å². The van der Waals surface area contributed by atoms with E-state index in [1.54, 1.807) is 11.3 Å². The summed E-state index contributed by atoms with van der Waals surface area (Å²) in [7, 11) is 0. The van der Waals surface area contributed by atoms with E-state index in [4.69, 9.17) is 9.72 Å². The Labute approximate surface area is 150 Å². The summed E-state index contributed by atoms with van der Waals surface area (Å²) in [5.74, 6) is 1.66. The van der Waals surface area contributed by atoms with Gasteiger partial charge in [-0.1, -0.05) is 18.2 Å². The Morgan fingerprint density at radius 3 is 2.92 bits per heavy atom. The van der Waals surface area contributed by atoms with Crippen LogP contribution in [0.1, 0.15) is 35.2 Å². The SMILES string of the molecule is CCOc1ccccc1/C=C1\CCn2c1nc1sc(C)c(C)c1c2=O. The van der Waals surface area contributed by atoms with E-state index in [1.807, 2.05) is 49.6 Å². The Morgan fingerprint density at radius 2 is 2.12 bits per heavy atom. The number of benzene rings is 1. The summed E-state index contributed by atoms with van der Waals surface area (Å²) in [6, 6.07) is 7.98. The van der Waals surface area contributed by atoms with Crippen LogP contribution in [-0.4, -0.2) is 16.2 Å². The van der Waals surface area contributed by atoms with Gasteiger partial charge in [0.05, 0.1) is 12.0 Å². The molecule has 25 heavy (non-hydrogen) atoms. The average molecular weight is 352 g/mol. The van der Waals surface area contributed by atoms with E-state index in [2.05, 4.69) is 6.08 Å². The summed E-state index contributed by atoms with van der Waals surface area (Å²) in [5.41, 5.74) is 3.27. The van der Waals surface area contributed by atoms with Crippen molar-refractivity contribution in [2.75, 3.05) is 6.61 Å². The Hall–Kier alpha value is -2.40. The van der Waals surface area contributed by atoms with E-state index < -0.39 is 0 Å². The Bertz CT molecular complexity index is 1060. The normalized spacial score (nSPS) is 15.1. The largest absolute Gasteiger partial charge is 0.493 e. The smallest absolute Gasteiger partial charge is 0.262 e. The molecule has 0 saturated heterocycles. The third-order valence-corrected chi connectivity index (χ3v) is 5.83. The van der Waals surface area contributed by atoms with Gasteiger partial charge in [-0.05, 0) is 50.5 Å². The van der Waals surface area contributed by atoms with Gasteiger partial charge in [0.15, 0.2) is 0 Å². The molecule has 4 nitrogen and oxygen atoms in total. The molecule has 0 atom stereocenters. The average Bonchev–Trinajstić information content (AvgIpc) is 3.12. The van der Waals surface area contributed by atoms with E-state index in [0.717, 1.165) is 49.8 Å². The number of aromatic nitrogens is 2. The van der Waals surface area contributed by atoms with Crippen molar-refractivity contribution in [1.29, 1.82) is 0 Å². The molecule has 0 fully saturated rings. The first-order valence-corrected chi connectivity index (χ1v) is 9.35. The number of para-hydroxylation sites is 1. The number of allylic oxidation sites excluding steroid dienone is 1. The number of hydrogen-bond donors (Lipinski definition) is 0. The van der Waals surface area contributed by atoms with Crippen LogP contribution in [-0.2, 0) is 6.54 Å². The highest BCUT2D eigenvalue weighted by Gasteiger charge is 2.23. The van der Waals surface area contributed by atoms with E-state index in [-0.39, 0.29) is 5.56 Å². The highest BCUT2D eigenvalue weighted by Crippen LogP contribution is 2.33. The number of ether oxygens (including phenoxy) is 1. The molecule has 1 aliphatic rings. The maximum atomic E-state index is 12.9. The molecule has 0 aliphatic carbocycles. The predicted molar refractivity (Wildman–Crippen MR) is 103 cm³/mol. The van der Waals surface area contributed by atoms with Crippen LogP contribution in [0, 0.1) is 13.8 Å². The molecule has 0 bridgehead atoms. The minimum atomic E-state index is 0.0864. The summed E-state index contributed by atoms with van der Waals surface area (Å²) in [5, 5.41) is 0.780. The van der Waals surface area contributed by atoms with Crippen LogP contribution in [0.4, 0.5) is 0 Å². The maximum absolute atomic E-state index is 12.9. The molecule has 3 heterocycles. The van der Waals surface area contributed by atoms with E-state index in [0.29, 0.717) is 13.2 Å². The van der Waals surface area contributed by atoms with E-state index in [9.17, 15) is 4.79 Å².